The number of carbonyl (C=O) groups excluding carboxylic acids is 2. The molecule has 0 saturated heterocycles. The number of nitrogens with zero attached hydrogens (tertiary/aromatic N) is 4. The zero-order valence-electron chi connectivity index (χ0n) is 35.1. The van der Waals surface area contributed by atoms with Gasteiger partial charge in [0.25, 0.3) is 11.8 Å². The molecule has 304 valence electrons. The fourth-order valence-corrected chi connectivity index (χ4v) is 8.07. The number of fused-ring (bicyclic) bond motifs is 4. The highest BCUT2D eigenvalue weighted by Gasteiger charge is 2.35. The van der Waals surface area contributed by atoms with Gasteiger partial charge in [-0.25, -0.2) is 0 Å². The lowest BCUT2D eigenvalue weighted by Crippen LogP contribution is -2.32. The Balaban J connectivity index is 0.827. The molecule has 0 aliphatic carbocycles. The van der Waals surface area contributed by atoms with Crippen LogP contribution in [-0.4, -0.2) is 66.5 Å². The minimum absolute atomic E-state index is 0.0425. The number of rotatable bonds is 13. The molecule has 0 aromatic heterocycles. The number of amides is 2. The van der Waals surface area contributed by atoms with Gasteiger partial charge in [0.05, 0.1) is 54.9 Å². The van der Waals surface area contributed by atoms with Crippen LogP contribution in [0, 0.1) is 19.3 Å². The lowest BCUT2D eigenvalue weighted by Gasteiger charge is -2.19. The highest BCUT2D eigenvalue weighted by Crippen LogP contribution is 2.41. The molecule has 0 fully saturated rings. The Morgan fingerprint density at radius 1 is 0.661 bits per heavy atom. The molecule has 59 heavy (non-hydrogen) atoms. The van der Waals surface area contributed by atoms with Crippen LogP contribution in [0.2, 0.25) is 0 Å². The first-order chi connectivity index (χ1) is 28.4. The lowest BCUT2D eigenvalue weighted by atomic mass is 9.88. The molecule has 4 aromatic carbocycles. The van der Waals surface area contributed by atoms with Gasteiger partial charge in [0.15, 0.2) is 11.5 Å². The average Bonchev–Trinajstić information content (AvgIpc) is 3.80. The predicted octanol–water partition coefficient (Wildman–Crippen LogP) is 10.9. The maximum absolute atomic E-state index is 13.9. The number of hydrogen-bond donors (Lipinski definition) is 0. The molecule has 8 rings (SSSR count). The smallest absolute Gasteiger partial charge is 0.260 e. The highest BCUT2D eigenvalue weighted by molar-refractivity contribution is 6.06. The number of carbonyl (C=O) groups is 2. The van der Waals surface area contributed by atoms with Crippen molar-refractivity contribution in [3.63, 3.8) is 0 Å². The molecule has 2 amide bonds. The Bertz CT molecular complexity index is 2370. The SMILES string of the molecule is COc1cc2c(cc1OCCCCCOc1cc3c(cc1C)C(=O)N1C=C(c4ccc(C)cc4)C[C@H]1C=N3)N=C[C@@H]1CC(c3ccc(CCC(C)(C)C)cc3)=CN1C2=O. The van der Waals surface area contributed by atoms with Gasteiger partial charge in [-0.1, -0.05) is 74.9 Å². The summed E-state index contributed by atoms with van der Waals surface area (Å²) in [6, 6.07) is 24.3. The molecule has 0 unspecified atom stereocenters. The second-order valence-corrected chi connectivity index (χ2v) is 17.4. The summed E-state index contributed by atoms with van der Waals surface area (Å²) in [4.78, 5) is 40.7. The Morgan fingerprint density at radius 2 is 1.19 bits per heavy atom. The fourth-order valence-electron chi connectivity index (χ4n) is 8.07. The van der Waals surface area contributed by atoms with Crippen molar-refractivity contribution in [2.45, 2.75) is 91.6 Å². The molecule has 2 atom stereocenters. The molecular weight excluding hydrogens is 737 g/mol. The summed E-state index contributed by atoms with van der Waals surface area (Å²) in [6.45, 7) is 11.9. The third kappa shape index (κ3) is 8.75. The van der Waals surface area contributed by atoms with Crippen molar-refractivity contribution in [2.24, 2.45) is 15.4 Å². The van der Waals surface area contributed by atoms with Crippen LogP contribution in [0.4, 0.5) is 11.4 Å². The summed E-state index contributed by atoms with van der Waals surface area (Å²) < 4.78 is 18.1. The van der Waals surface area contributed by atoms with E-state index in [0.29, 0.717) is 59.1 Å². The molecule has 9 nitrogen and oxygen atoms in total. The molecule has 4 aliphatic rings. The maximum Gasteiger partial charge on any atom is 0.260 e. The van der Waals surface area contributed by atoms with Crippen molar-refractivity contribution in [2.75, 3.05) is 20.3 Å². The third-order valence-corrected chi connectivity index (χ3v) is 11.7. The van der Waals surface area contributed by atoms with E-state index in [4.69, 9.17) is 24.2 Å². The Labute approximate surface area is 348 Å². The minimum atomic E-state index is -0.152. The predicted molar refractivity (Wildman–Crippen MR) is 236 cm³/mol. The molecule has 9 heteroatoms. The second-order valence-electron chi connectivity index (χ2n) is 17.4. The van der Waals surface area contributed by atoms with Crippen molar-refractivity contribution >= 4 is 46.8 Å². The number of aryl methyl sites for hydroxylation is 3. The normalized spacial score (nSPS) is 18.1. The van der Waals surface area contributed by atoms with Crippen LogP contribution in [-0.2, 0) is 6.42 Å². The van der Waals surface area contributed by atoms with E-state index in [0.717, 1.165) is 72.1 Å². The van der Waals surface area contributed by atoms with E-state index in [1.54, 1.807) is 18.1 Å². The van der Waals surface area contributed by atoms with Crippen LogP contribution in [0.3, 0.4) is 0 Å². The van der Waals surface area contributed by atoms with Crippen molar-refractivity contribution in [3.8, 4) is 17.2 Å². The first-order valence-electron chi connectivity index (χ1n) is 20.9. The number of benzene rings is 4. The summed E-state index contributed by atoms with van der Waals surface area (Å²) in [7, 11) is 1.59. The monoisotopic (exact) mass is 790 g/mol. The van der Waals surface area contributed by atoms with Gasteiger partial charge < -0.3 is 24.0 Å². The Hall–Kier alpha value is -5.96. The van der Waals surface area contributed by atoms with Crippen LogP contribution < -0.4 is 14.2 Å². The second kappa shape index (κ2) is 16.7. The van der Waals surface area contributed by atoms with Crippen molar-refractivity contribution < 1.29 is 23.8 Å². The largest absolute Gasteiger partial charge is 0.493 e. The van der Waals surface area contributed by atoms with E-state index in [2.05, 4.69) is 76.2 Å². The van der Waals surface area contributed by atoms with E-state index < -0.39 is 0 Å². The number of hydrogen-bond acceptors (Lipinski definition) is 7. The van der Waals surface area contributed by atoms with Crippen LogP contribution in [0.5, 0.6) is 17.2 Å². The van der Waals surface area contributed by atoms with Crippen molar-refractivity contribution in [1.82, 2.24) is 9.80 Å². The molecular formula is C50H54N4O5. The summed E-state index contributed by atoms with van der Waals surface area (Å²) in [5.74, 6) is 1.67. The Morgan fingerprint density at radius 3 is 1.75 bits per heavy atom. The topological polar surface area (TPSA) is 93.0 Å². The van der Waals surface area contributed by atoms with E-state index in [1.165, 1.54) is 11.1 Å². The summed E-state index contributed by atoms with van der Waals surface area (Å²) in [5.41, 5.74) is 10.6. The molecule has 0 spiro atoms. The fraction of sp³-hybridized carbons (Fsp3) is 0.360. The van der Waals surface area contributed by atoms with Crippen molar-refractivity contribution in [1.29, 1.82) is 0 Å². The third-order valence-electron chi connectivity index (χ3n) is 11.7. The van der Waals surface area contributed by atoms with Gasteiger partial charge in [-0.05, 0) is 96.9 Å². The van der Waals surface area contributed by atoms with Gasteiger partial charge >= 0.3 is 0 Å². The highest BCUT2D eigenvalue weighted by atomic mass is 16.5. The van der Waals surface area contributed by atoms with E-state index in [-0.39, 0.29) is 23.9 Å². The lowest BCUT2D eigenvalue weighted by molar-refractivity contribution is 0.0809. The molecule has 4 aliphatic heterocycles. The summed E-state index contributed by atoms with van der Waals surface area (Å²) >= 11 is 0. The molecule has 4 heterocycles. The summed E-state index contributed by atoms with van der Waals surface area (Å²) in [6.07, 6.45) is 13.9. The number of unbranched alkanes of at least 4 members (excludes halogenated alkanes) is 2. The average molecular weight is 791 g/mol. The van der Waals surface area contributed by atoms with Crippen LogP contribution in [0.25, 0.3) is 11.1 Å². The number of aliphatic imine (C=N–C) groups is 2. The van der Waals surface area contributed by atoms with E-state index in [9.17, 15) is 9.59 Å². The first-order valence-corrected chi connectivity index (χ1v) is 20.9. The van der Waals surface area contributed by atoms with Crippen LogP contribution in [0.15, 0.2) is 95.2 Å². The molecule has 4 aromatic rings. The standard InChI is InChI=1S/C50H54N4O5/c1-32-10-14-35(15-11-32)37-23-39-28-51-43-26-45(33(2)22-41(43)48(55)53(39)30-37)58-20-8-7-9-21-59-47-27-44-42(25-46(47)57-6)49(56)54-31-38(24-40(54)29-52-44)36-16-12-34(13-17-36)18-19-50(3,4)5/h10-17,22,25-31,39-40H,7-9,18-21,23-24H2,1-6H3/t39-,40-/m0/s1. The molecule has 0 bridgehead atoms. The van der Waals surface area contributed by atoms with Crippen LogP contribution in [0.1, 0.15) is 108 Å². The van der Waals surface area contributed by atoms with Crippen molar-refractivity contribution in [3.05, 3.63) is 124 Å². The van der Waals surface area contributed by atoms with E-state index >= 15 is 0 Å². The Kier molecular flexibility index (Phi) is 11.3. The number of ether oxygens (including phenoxy) is 3. The summed E-state index contributed by atoms with van der Waals surface area (Å²) in [5, 5.41) is 0. The van der Waals surface area contributed by atoms with Crippen LogP contribution >= 0.6 is 0 Å². The minimum Gasteiger partial charge on any atom is -0.493 e. The molecule has 0 N–H and O–H groups in total. The zero-order valence-corrected chi connectivity index (χ0v) is 35.1. The zero-order chi connectivity index (χ0) is 41.3. The van der Waals surface area contributed by atoms with Gasteiger partial charge in [-0.15, -0.1) is 0 Å². The van der Waals surface area contributed by atoms with Gasteiger partial charge in [0.1, 0.15) is 5.75 Å². The molecule has 0 saturated carbocycles. The maximum atomic E-state index is 13.9. The number of methoxy groups -OCH3 is 1. The molecule has 0 radical (unpaired) electrons. The van der Waals surface area contributed by atoms with Gasteiger partial charge in [0.2, 0.25) is 0 Å². The van der Waals surface area contributed by atoms with Gasteiger partial charge in [-0.3, -0.25) is 19.6 Å². The first kappa shape index (κ1) is 39.8. The quantitative estimate of drug-likeness (QED) is 0.126. The van der Waals surface area contributed by atoms with Gasteiger partial charge in [0, 0.05) is 49.8 Å². The van der Waals surface area contributed by atoms with E-state index in [1.807, 2.05) is 54.9 Å². The van der Waals surface area contributed by atoms with Gasteiger partial charge in [-0.2, -0.15) is 0 Å².